The summed E-state index contributed by atoms with van der Waals surface area (Å²) in [6.45, 7) is 6.61. The van der Waals surface area contributed by atoms with Crippen molar-refractivity contribution in [1.29, 1.82) is 0 Å². The number of unbranched alkanes of at least 4 members (excludes halogenated alkanes) is 38. The van der Waals surface area contributed by atoms with Gasteiger partial charge >= 0.3 is 17.9 Å². The molecule has 0 bridgehead atoms. The Hall–Kier alpha value is -2.63. The van der Waals surface area contributed by atoms with Crippen molar-refractivity contribution < 1.29 is 28.6 Å². The van der Waals surface area contributed by atoms with Gasteiger partial charge in [-0.25, -0.2) is 0 Å². The quantitative estimate of drug-likeness (QED) is 0.0261. The number of hydrogen-bond donors (Lipinski definition) is 0. The summed E-state index contributed by atoms with van der Waals surface area (Å²) < 4.78 is 16.9. The molecule has 0 aromatic rings. The van der Waals surface area contributed by atoms with Crippen LogP contribution in [0.2, 0.25) is 0 Å². The minimum Gasteiger partial charge on any atom is -0.462 e. The van der Waals surface area contributed by atoms with E-state index in [-0.39, 0.29) is 31.1 Å². The molecular formula is C65H118O6. The second kappa shape index (κ2) is 59.9. The molecule has 0 spiro atoms. The first-order chi connectivity index (χ1) is 35.0. The summed E-state index contributed by atoms with van der Waals surface area (Å²) in [5.41, 5.74) is 0. The molecule has 0 heterocycles. The fraction of sp³-hybridized carbons (Fsp3) is 0.831. The molecule has 1 unspecified atom stereocenters. The molecule has 0 amide bonds. The Labute approximate surface area is 441 Å². The molecule has 6 heteroatoms. The second-order valence-corrected chi connectivity index (χ2v) is 21.0. The summed E-state index contributed by atoms with van der Waals surface area (Å²) in [7, 11) is 0. The lowest BCUT2D eigenvalue weighted by molar-refractivity contribution is -0.167. The van der Waals surface area contributed by atoms with Gasteiger partial charge in [0.15, 0.2) is 6.10 Å². The summed E-state index contributed by atoms with van der Waals surface area (Å²) in [4.78, 5) is 38.2. The van der Waals surface area contributed by atoms with Crippen molar-refractivity contribution >= 4 is 17.9 Å². The summed E-state index contributed by atoms with van der Waals surface area (Å²) >= 11 is 0. The summed E-state index contributed by atoms with van der Waals surface area (Å²) in [5, 5.41) is 0. The Morgan fingerprint density at radius 1 is 0.282 bits per heavy atom. The van der Waals surface area contributed by atoms with Crippen LogP contribution in [0, 0.1) is 0 Å². The number of carbonyl (C=O) groups excluding carboxylic acids is 3. The van der Waals surface area contributed by atoms with Gasteiger partial charge in [-0.3, -0.25) is 14.4 Å². The van der Waals surface area contributed by atoms with Crippen LogP contribution >= 0.6 is 0 Å². The highest BCUT2D eigenvalue weighted by molar-refractivity contribution is 5.71. The summed E-state index contributed by atoms with van der Waals surface area (Å²) in [5.74, 6) is -0.887. The number of carbonyl (C=O) groups is 3. The van der Waals surface area contributed by atoms with Crippen molar-refractivity contribution in [3.8, 4) is 0 Å². The van der Waals surface area contributed by atoms with E-state index in [0.717, 1.165) is 89.9 Å². The van der Waals surface area contributed by atoms with E-state index in [1.165, 1.54) is 199 Å². The molecule has 71 heavy (non-hydrogen) atoms. The zero-order valence-electron chi connectivity index (χ0n) is 47.5. The highest BCUT2D eigenvalue weighted by Gasteiger charge is 2.19. The molecule has 0 rings (SSSR count). The molecule has 0 N–H and O–H groups in total. The van der Waals surface area contributed by atoms with Crippen LogP contribution in [-0.4, -0.2) is 37.2 Å². The number of ether oxygens (including phenoxy) is 3. The smallest absolute Gasteiger partial charge is 0.306 e. The van der Waals surface area contributed by atoms with Gasteiger partial charge in [-0.1, -0.05) is 262 Å². The fourth-order valence-corrected chi connectivity index (χ4v) is 9.04. The lowest BCUT2D eigenvalue weighted by Gasteiger charge is -2.18. The molecule has 0 saturated carbocycles. The van der Waals surface area contributed by atoms with Gasteiger partial charge in [0.1, 0.15) is 13.2 Å². The largest absolute Gasteiger partial charge is 0.462 e. The van der Waals surface area contributed by atoms with E-state index in [9.17, 15) is 14.4 Å². The molecule has 0 aliphatic carbocycles. The highest BCUT2D eigenvalue weighted by Crippen LogP contribution is 2.16. The summed E-state index contributed by atoms with van der Waals surface area (Å²) in [6, 6.07) is 0. The molecule has 0 radical (unpaired) electrons. The number of esters is 3. The molecule has 0 saturated heterocycles. The Balaban J connectivity index is 4.25. The minimum atomic E-state index is -0.783. The molecule has 1 atom stereocenters. The first-order valence-electron chi connectivity index (χ1n) is 31.1. The van der Waals surface area contributed by atoms with Crippen LogP contribution in [0.5, 0.6) is 0 Å². The first-order valence-corrected chi connectivity index (χ1v) is 31.1. The number of hydrogen-bond acceptors (Lipinski definition) is 6. The van der Waals surface area contributed by atoms with E-state index in [1.54, 1.807) is 0 Å². The fourth-order valence-electron chi connectivity index (χ4n) is 9.04. The van der Waals surface area contributed by atoms with Gasteiger partial charge in [-0.15, -0.1) is 0 Å². The van der Waals surface area contributed by atoms with Crippen LogP contribution in [0.3, 0.4) is 0 Å². The average Bonchev–Trinajstić information content (AvgIpc) is 3.37. The lowest BCUT2D eigenvalue weighted by atomic mass is 10.0. The molecule has 0 aliphatic rings. The molecule has 0 fully saturated rings. The van der Waals surface area contributed by atoms with E-state index in [2.05, 4.69) is 69.4 Å². The predicted molar refractivity (Wildman–Crippen MR) is 307 cm³/mol. The van der Waals surface area contributed by atoms with E-state index in [1.807, 2.05) is 0 Å². The molecule has 0 aliphatic heterocycles. The van der Waals surface area contributed by atoms with Crippen molar-refractivity contribution in [3.05, 3.63) is 48.6 Å². The van der Waals surface area contributed by atoms with Crippen LogP contribution in [0.25, 0.3) is 0 Å². The molecule has 0 aromatic carbocycles. The Bertz CT molecular complexity index is 1230. The maximum absolute atomic E-state index is 12.9. The zero-order chi connectivity index (χ0) is 51.4. The van der Waals surface area contributed by atoms with Crippen LogP contribution < -0.4 is 0 Å². The van der Waals surface area contributed by atoms with Crippen molar-refractivity contribution in [1.82, 2.24) is 0 Å². The zero-order valence-corrected chi connectivity index (χ0v) is 47.5. The number of allylic oxidation sites excluding steroid dienone is 8. The van der Waals surface area contributed by atoms with Gasteiger partial charge in [0.25, 0.3) is 0 Å². The number of rotatable bonds is 57. The van der Waals surface area contributed by atoms with Crippen LogP contribution in [0.1, 0.15) is 329 Å². The molecule has 414 valence electrons. The first kappa shape index (κ1) is 68.4. The van der Waals surface area contributed by atoms with Crippen LogP contribution in [0.4, 0.5) is 0 Å². The maximum atomic E-state index is 12.9. The van der Waals surface area contributed by atoms with Gasteiger partial charge < -0.3 is 14.2 Å². The third-order valence-electron chi connectivity index (χ3n) is 13.8. The van der Waals surface area contributed by atoms with Gasteiger partial charge in [-0.05, 0) is 96.3 Å². The maximum Gasteiger partial charge on any atom is 0.306 e. The van der Waals surface area contributed by atoms with E-state index in [4.69, 9.17) is 14.2 Å². The van der Waals surface area contributed by atoms with Crippen molar-refractivity contribution in [2.75, 3.05) is 13.2 Å². The average molecular weight is 996 g/mol. The van der Waals surface area contributed by atoms with Crippen molar-refractivity contribution in [3.63, 3.8) is 0 Å². The van der Waals surface area contributed by atoms with E-state index in [0.29, 0.717) is 19.3 Å². The van der Waals surface area contributed by atoms with Gasteiger partial charge in [0, 0.05) is 19.3 Å². The SMILES string of the molecule is CCCC/C=C\C/C=C\CCCCCCCC(=O)OC(COC(=O)CCCCCCC/C=C\CCCCCCC)COC(=O)CCCCCCCCCCCCCCC/C=C\CCCCCCCCCC. The Morgan fingerprint density at radius 3 is 0.831 bits per heavy atom. The second-order valence-electron chi connectivity index (χ2n) is 21.0. The highest BCUT2D eigenvalue weighted by atomic mass is 16.6. The van der Waals surface area contributed by atoms with Gasteiger partial charge in [-0.2, -0.15) is 0 Å². The molecular weight excluding hydrogens is 877 g/mol. The van der Waals surface area contributed by atoms with Crippen LogP contribution in [0.15, 0.2) is 48.6 Å². The van der Waals surface area contributed by atoms with Crippen molar-refractivity contribution in [2.45, 2.75) is 335 Å². The minimum absolute atomic E-state index is 0.0794. The van der Waals surface area contributed by atoms with E-state index < -0.39 is 6.10 Å². The van der Waals surface area contributed by atoms with Gasteiger partial charge in [0.05, 0.1) is 0 Å². The van der Waals surface area contributed by atoms with Crippen LogP contribution in [-0.2, 0) is 28.6 Å². The lowest BCUT2D eigenvalue weighted by Crippen LogP contribution is -2.30. The molecule has 0 aromatic heterocycles. The molecule has 6 nitrogen and oxygen atoms in total. The normalized spacial score (nSPS) is 12.3. The third kappa shape index (κ3) is 58.1. The Morgan fingerprint density at radius 2 is 0.521 bits per heavy atom. The Kier molecular flexibility index (Phi) is 57.7. The van der Waals surface area contributed by atoms with Gasteiger partial charge in [0.2, 0.25) is 0 Å². The third-order valence-corrected chi connectivity index (χ3v) is 13.8. The summed E-state index contributed by atoms with van der Waals surface area (Å²) in [6.07, 6.45) is 74.0. The standard InChI is InChI=1S/C65H118O6/c1-4-7-10-13-16-19-22-25-28-29-30-31-32-33-34-35-36-37-38-41-43-46-49-52-55-58-64(67)70-61-62(71-65(68)59-56-53-50-47-44-40-27-24-21-18-15-12-9-6-3)60-69-63(66)57-54-51-48-45-42-39-26-23-20-17-14-11-8-5-2/h15,18,23-24,26-27,29-30,62H,4-14,16-17,19-22,25,28,31-61H2,1-3H3/b18-15-,26-23-,27-24-,30-29-. The van der Waals surface area contributed by atoms with Crippen molar-refractivity contribution in [2.24, 2.45) is 0 Å². The predicted octanol–water partition coefficient (Wildman–Crippen LogP) is 21.0. The monoisotopic (exact) mass is 995 g/mol. The van der Waals surface area contributed by atoms with E-state index >= 15 is 0 Å². The topological polar surface area (TPSA) is 78.9 Å².